The van der Waals surface area contributed by atoms with Gasteiger partial charge in [-0.05, 0) is 13.0 Å². The molecule has 0 saturated carbocycles. The minimum Gasteiger partial charge on any atom is -0.485 e. The molecule has 8 nitrogen and oxygen atoms in total. The fourth-order valence-electron chi connectivity index (χ4n) is 3.10. The molecule has 1 fully saturated rings. The molecule has 3 aliphatic rings. The molecule has 0 aromatic rings. The number of nitro groups is 1. The number of rotatable bonds is 3. The van der Waals surface area contributed by atoms with Crippen LogP contribution in [0.5, 0.6) is 0 Å². The second-order valence-electron chi connectivity index (χ2n) is 5.53. The van der Waals surface area contributed by atoms with Gasteiger partial charge in [0.2, 0.25) is 0 Å². The first-order chi connectivity index (χ1) is 11.0. The van der Waals surface area contributed by atoms with Crippen molar-refractivity contribution in [2.75, 3.05) is 33.4 Å². The Morgan fingerprint density at radius 1 is 1.43 bits per heavy atom. The number of nitrogens with zero attached hydrogens (tertiary/aromatic N) is 2. The quantitative estimate of drug-likeness (QED) is 0.427. The average Bonchev–Trinajstić information content (AvgIpc) is 2.88. The Balaban J connectivity index is 2.02. The van der Waals surface area contributed by atoms with E-state index >= 15 is 0 Å². The molecule has 0 radical (unpaired) electrons. The van der Waals surface area contributed by atoms with Gasteiger partial charge in [0.25, 0.3) is 5.70 Å². The lowest BCUT2D eigenvalue weighted by Gasteiger charge is -2.32. The van der Waals surface area contributed by atoms with Gasteiger partial charge in [-0.15, -0.1) is 0 Å². The van der Waals surface area contributed by atoms with Gasteiger partial charge in [-0.3, -0.25) is 15.0 Å². The third-order valence-corrected chi connectivity index (χ3v) is 4.23. The molecular weight excluding hydrogens is 304 g/mol. The number of esters is 1. The molecule has 0 aromatic carbocycles. The summed E-state index contributed by atoms with van der Waals surface area (Å²) in [7, 11) is 1.28. The first-order valence-corrected chi connectivity index (χ1v) is 7.42. The molecule has 23 heavy (non-hydrogen) atoms. The third kappa shape index (κ3) is 2.75. The molecule has 0 bridgehead atoms. The summed E-state index contributed by atoms with van der Waals surface area (Å²) in [4.78, 5) is 25.0. The summed E-state index contributed by atoms with van der Waals surface area (Å²) in [5.41, 5.74) is 0.795. The van der Waals surface area contributed by atoms with E-state index in [9.17, 15) is 14.9 Å². The van der Waals surface area contributed by atoms with Crippen LogP contribution in [0.3, 0.4) is 0 Å². The van der Waals surface area contributed by atoms with Crippen LogP contribution in [0.25, 0.3) is 0 Å². The zero-order valence-electron chi connectivity index (χ0n) is 13.0. The van der Waals surface area contributed by atoms with Crippen molar-refractivity contribution >= 4 is 5.97 Å². The number of hydrogen-bond acceptors (Lipinski definition) is 7. The van der Waals surface area contributed by atoms with Gasteiger partial charge in [0, 0.05) is 24.7 Å². The summed E-state index contributed by atoms with van der Waals surface area (Å²) >= 11 is 0. The largest absolute Gasteiger partial charge is 0.485 e. The smallest absolute Gasteiger partial charge is 0.338 e. The van der Waals surface area contributed by atoms with Crippen molar-refractivity contribution in [1.29, 1.82) is 0 Å². The van der Waals surface area contributed by atoms with Gasteiger partial charge in [-0.1, -0.05) is 0 Å². The van der Waals surface area contributed by atoms with Crippen LogP contribution in [0, 0.1) is 10.1 Å². The third-order valence-electron chi connectivity index (χ3n) is 4.23. The summed E-state index contributed by atoms with van der Waals surface area (Å²) in [6.07, 6.45) is 2.66. The molecule has 124 valence electrons. The number of ether oxygens (including phenoxy) is 3. The van der Waals surface area contributed by atoms with Crippen molar-refractivity contribution in [3.05, 3.63) is 44.9 Å². The molecule has 2 unspecified atom stereocenters. The van der Waals surface area contributed by atoms with Crippen molar-refractivity contribution in [3.8, 4) is 0 Å². The lowest BCUT2D eigenvalue weighted by Crippen LogP contribution is -2.45. The minimum atomic E-state index is -0.528. The first-order valence-electron chi connectivity index (χ1n) is 7.42. The lowest BCUT2D eigenvalue weighted by molar-refractivity contribution is -0.432. The Hall–Kier alpha value is -2.19. The van der Waals surface area contributed by atoms with Gasteiger partial charge in [0.05, 0.1) is 30.8 Å². The number of carbonyl (C=O) groups is 1. The Labute approximate surface area is 133 Å². The van der Waals surface area contributed by atoms with Gasteiger partial charge in [-0.2, -0.15) is 0 Å². The number of hydrogen-bond donors (Lipinski definition) is 0. The molecule has 3 rings (SSSR count). The zero-order valence-corrected chi connectivity index (χ0v) is 13.0. The van der Waals surface area contributed by atoms with Crippen LogP contribution in [0.15, 0.2) is 34.8 Å². The fraction of sp³-hybridized carbons (Fsp3) is 0.533. The van der Waals surface area contributed by atoms with Crippen molar-refractivity contribution in [2.24, 2.45) is 0 Å². The zero-order chi connectivity index (χ0) is 16.6. The minimum absolute atomic E-state index is 0.0322. The van der Waals surface area contributed by atoms with Crippen molar-refractivity contribution < 1.29 is 23.9 Å². The van der Waals surface area contributed by atoms with Crippen molar-refractivity contribution in [1.82, 2.24) is 4.90 Å². The van der Waals surface area contributed by atoms with Gasteiger partial charge in [0.15, 0.2) is 0 Å². The lowest BCUT2D eigenvalue weighted by atomic mass is 9.96. The SMILES string of the molecule is COC(=O)C1=C2C=C([N+](=O)[O-])C(N3CCOCC3)C=C2OC1C. The van der Waals surface area contributed by atoms with Crippen LogP contribution in [0.1, 0.15) is 6.92 Å². The molecule has 2 heterocycles. The topological polar surface area (TPSA) is 91.1 Å². The van der Waals surface area contributed by atoms with E-state index in [2.05, 4.69) is 0 Å². The second kappa shape index (κ2) is 6.13. The first kappa shape index (κ1) is 15.7. The maximum absolute atomic E-state index is 11.9. The van der Waals surface area contributed by atoms with E-state index in [0.717, 1.165) is 0 Å². The highest BCUT2D eigenvalue weighted by atomic mass is 16.6. The Bertz CT molecular complexity index is 630. The van der Waals surface area contributed by atoms with E-state index in [1.165, 1.54) is 13.2 Å². The van der Waals surface area contributed by atoms with E-state index in [1.807, 2.05) is 4.90 Å². The van der Waals surface area contributed by atoms with Crippen molar-refractivity contribution in [3.63, 3.8) is 0 Å². The summed E-state index contributed by atoms with van der Waals surface area (Å²) in [6.45, 7) is 4.02. The van der Waals surface area contributed by atoms with Gasteiger partial charge >= 0.3 is 5.97 Å². The van der Waals surface area contributed by atoms with E-state index in [1.54, 1.807) is 13.0 Å². The van der Waals surface area contributed by atoms with Gasteiger partial charge < -0.3 is 14.2 Å². The van der Waals surface area contributed by atoms with Crippen molar-refractivity contribution in [2.45, 2.75) is 19.1 Å². The predicted molar refractivity (Wildman–Crippen MR) is 78.9 cm³/mol. The molecule has 2 aliphatic heterocycles. The van der Waals surface area contributed by atoms with Gasteiger partial charge in [0.1, 0.15) is 17.9 Å². The fourth-order valence-corrected chi connectivity index (χ4v) is 3.10. The molecule has 0 N–H and O–H groups in total. The highest BCUT2D eigenvalue weighted by molar-refractivity contribution is 5.93. The number of fused-ring (bicyclic) bond motifs is 1. The van der Waals surface area contributed by atoms with E-state index in [4.69, 9.17) is 14.2 Å². The maximum atomic E-state index is 11.9. The second-order valence-corrected chi connectivity index (χ2v) is 5.53. The molecule has 0 amide bonds. The normalized spacial score (nSPS) is 27.7. The molecule has 2 atom stereocenters. The number of carbonyl (C=O) groups excluding carboxylic acids is 1. The standard InChI is InChI=1S/C15H18N2O6/c1-9-14(15(18)21-2)10-7-12(17(19)20)11(8-13(10)23-9)16-3-5-22-6-4-16/h7-9,11H,3-6H2,1-2H3. The number of methoxy groups -OCH3 is 1. The highest BCUT2D eigenvalue weighted by Gasteiger charge is 2.41. The molecular formula is C15H18N2O6. The molecule has 1 aliphatic carbocycles. The summed E-state index contributed by atoms with van der Waals surface area (Å²) in [5, 5.41) is 11.5. The van der Waals surface area contributed by atoms with Crippen LogP contribution < -0.4 is 0 Å². The van der Waals surface area contributed by atoms with E-state index in [0.29, 0.717) is 43.2 Å². The Kier molecular flexibility index (Phi) is 4.18. The summed E-state index contributed by atoms with van der Waals surface area (Å²) < 4.78 is 15.8. The summed E-state index contributed by atoms with van der Waals surface area (Å²) in [6, 6.07) is -0.489. The van der Waals surface area contributed by atoms with Crippen LogP contribution in [0.2, 0.25) is 0 Å². The monoisotopic (exact) mass is 322 g/mol. The predicted octanol–water partition coefficient (Wildman–Crippen LogP) is 0.634. The molecule has 1 saturated heterocycles. The molecule has 0 aromatic heterocycles. The highest BCUT2D eigenvalue weighted by Crippen LogP contribution is 2.37. The van der Waals surface area contributed by atoms with Crippen LogP contribution in [-0.2, 0) is 19.0 Å². The summed E-state index contributed by atoms with van der Waals surface area (Å²) in [5.74, 6) is -0.0281. The van der Waals surface area contributed by atoms with Crippen LogP contribution in [0.4, 0.5) is 0 Å². The Morgan fingerprint density at radius 2 is 2.13 bits per heavy atom. The maximum Gasteiger partial charge on any atom is 0.338 e. The molecule has 0 spiro atoms. The van der Waals surface area contributed by atoms with E-state index in [-0.39, 0.29) is 5.70 Å². The van der Waals surface area contributed by atoms with Crippen LogP contribution >= 0.6 is 0 Å². The molecule has 8 heteroatoms. The average molecular weight is 322 g/mol. The Morgan fingerprint density at radius 3 is 2.74 bits per heavy atom. The van der Waals surface area contributed by atoms with E-state index < -0.39 is 23.0 Å². The number of morpholine rings is 1. The van der Waals surface area contributed by atoms with Gasteiger partial charge in [-0.25, -0.2) is 4.79 Å². The number of allylic oxidation sites excluding steroid dienone is 1. The van der Waals surface area contributed by atoms with Crippen LogP contribution in [-0.4, -0.2) is 61.4 Å².